The van der Waals surface area contributed by atoms with E-state index in [-0.39, 0.29) is 35.4 Å². The highest BCUT2D eigenvalue weighted by Gasteiger charge is 2.39. The zero-order valence-corrected chi connectivity index (χ0v) is 17.1. The van der Waals surface area contributed by atoms with Gasteiger partial charge in [0, 0.05) is 36.1 Å². The number of carbonyl (C=O) groups is 1. The maximum absolute atomic E-state index is 13.5. The Morgan fingerprint density at radius 1 is 1.21 bits per heavy atom. The molecule has 1 N–H and O–H groups in total. The van der Waals surface area contributed by atoms with Crippen molar-refractivity contribution >= 4 is 29.3 Å². The molecule has 28 heavy (non-hydrogen) atoms. The van der Waals surface area contributed by atoms with E-state index in [0.717, 1.165) is 39.1 Å². The van der Waals surface area contributed by atoms with Crippen LogP contribution in [0.2, 0.25) is 0 Å². The van der Waals surface area contributed by atoms with Crippen molar-refractivity contribution in [1.82, 2.24) is 10.2 Å². The third kappa shape index (κ3) is 4.04. The van der Waals surface area contributed by atoms with Gasteiger partial charge in [-0.1, -0.05) is 19.3 Å². The first-order valence-corrected chi connectivity index (χ1v) is 9.89. The summed E-state index contributed by atoms with van der Waals surface area (Å²) in [5, 5.41) is 3.77. The fraction of sp³-hybridized carbons (Fsp3) is 0.571. The van der Waals surface area contributed by atoms with Gasteiger partial charge in [-0.2, -0.15) is 0 Å². The van der Waals surface area contributed by atoms with Crippen LogP contribution in [0.1, 0.15) is 48.2 Å². The number of benzene rings is 1. The van der Waals surface area contributed by atoms with Crippen molar-refractivity contribution in [2.75, 3.05) is 32.8 Å². The molecule has 154 valence electrons. The van der Waals surface area contributed by atoms with Crippen LogP contribution in [0.4, 0.5) is 4.39 Å². The molecule has 1 aliphatic carbocycles. The summed E-state index contributed by atoms with van der Waals surface area (Å²) in [5.74, 6) is -0.266. The Balaban J connectivity index is 0.00000225. The number of nitrogens with zero attached hydrogens (tertiary/aromatic N) is 1. The topological polar surface area (TPSA) is 54.7 Å². The van der Waals surface area contributed by atoms with E-state index in [2.05, 4.69) is 10.2 Å². The number of ether oxygens (including phenoxy) is 1. The van der Waals surface area contributed by atoms with Crippen LogP contribution in [0.15, 0.2) is 22.6 Å². The van der Waals surface area contributed by atoms with Crippen LogP contribution in [-0.2, 0) is 4.74 Å². The summed E-state index contributed by atoms with van der Waals surface area (Å²) in [6, 6.07) is 4.34. The smallest absolute Gasteiger partial charge is 0.287 e. The maximum Gasteiger partial charge on any atom is 0.287 e. The van der Waals surface area contributed by atoms with Gasteiger partial charge in [0.15, 0.2) is 5.76 Å². The van der Waals surface area contributed by atoms with Gasteiger partial charge in [0.05, 0.1) is 13.2 Å². The molecule has 2 fully saturated rings. The first-order chi connectivity index (χ1) is 13.1. The number of rotatable bonds is 4. The lowest BCUT2D eigenvalue weighted by atomic mass is 9.79. The van der Waals surface area contributed by atoms with Gasteiger partial charge >= 0.3 is 0 Å². The number of hydrogen-bond donors (Lipinski definition) is 1. The molecule has 1 saturated carbocycles. The Morgan fingerprint density at radius 3 is 2.64 bits per heavy atom. The molecule has 1 saturated heterocycles. The summed E-state index contributed by atoms with van der Waals surface area (Å²) in [7, 11) is 0. The molecule has 4 rings (SSSR count). The van der Waals surface area contributed by atoms with Crippen molar-refractivity contribution in [3.05, 3.63) is 35.3 Å². The van der Waals surface area contributed by atoms with Crippen molar-refractivity contribution in [2.45, 2.75) is 44.6 Å². The molecule has 1 aromatic heterocycles. The van der Waals surface area contributed by atoms with Crippen molar-refractivity contribution in [2.24, 2.45) is 0 Å². The van der Waals surface area contributed by atoms with Gasteiger partial charge in [0.2, 0.25) is 0 Å². The standard InChI is InChI=1S/C21H27FN2O3.ClH/c1-15-17-13-16(22)5-6-18(17)27-19(15)20(25)23-14-21(7-3-2-4-8-21)24-9-11-26-12-10-24;/h5-6,13H,2-4,7-12,14H2,1H3,(H,23,25);1H. The summed E-state index contributed by atoms with van der Waals surface area (Å²) in [6.07, 6.45) is 5.83. The highest BCUT2D eigenvalue weighted by molar-refractivity contribution is 5.98. The monoisotopic (exact) mass is 410 g/mol. The largest absolute Gasteiger partial charge is 0.451 e. The van der Waals surface area contributed by atoms with Gasteiger partial charge in [0.25, 0.3) is 5.91 Å². The second kappa shape index (κ2) is 8.80. The molecule has 0 atom stereocenters. The van der Waals surface area contributed by atoms with Crippen LogP contribution in [0, 0.1) is 12.7 Å². The van der Waals surface area contributed by atoms with E-state index < -0.39 is 0 Å². The van der Waals surface area contributed by atoms with Crippen LogP contribution in [0.5, 0.6) is 0 Å². The number of aryl methyl sites for hydroxylation is 1. The first kappa shape index (κ1) is 21.1. The lowest BCUT2D eigenvalue weighted by Crippen LogP contribution is -2.59. The number of amides is 1. The van der Waals surface area contributed by atoms with Gasteiger partial charge in [-0.25, -0.2) is 4.39 Å². The zero-order chi connectivity index (χ0) is 18.9. The van der Waals surface area contributed by atoms with Crippen LogP contribution < -0.4 is 5.32 Å². The van der Waals surface area contributed by atoms with Gasteiger partial charge in [0.1, 0.15) is 11.4 Å². The van der Waals surface area contributed by atoms with E-state index >= 15 is 0 Å². The highest BCUT2D eigenvalue weighted by atomic mass is 35.5. The van der Waals surface area contributed by atoms with Gasteiger partial charge < -0.3 is 14.5 Å². The average Bonchev–Trinajstić information content (AvgIpc) is 3.04. The lowest BCUT2D eigenvalue weighted by molar-refractivity contribution is -0.0362. The van der Waals surface area contributed by atoms with E-state index in [9.17, 15) is 9.18 Å². The maximum atomic E-state index is 13.5. The van der Waals surface area contributed by atoms with Crippen molar-refractivity contribution in [1.29, 1.82) is 0 Å². The number of carbonyl (C=O) groups excluding carboxylic acids is 1. The van der Waals surface area contributed by atoms with E-state index in [4.69, 9.17) is 9.15 Å². The second-order valence-electron chi connectivity index (χ2n) is 7.76. The molecule has 5 nitrogen and oxygen atoms in total. The van der Waals surface area contributed by atoms with Crippen LogP contribution in [0.3, 0.4) is 0 Å². The zero-order valence-electron chi connectivity index (χ0n) is 16.3. The van der Waals surface area contributed by atoms with Crippen LogP contribution >= 0.6 is 12.4 Å². The molecule has 0 radical (unpaired) electrons. The Kier molecular flexibility index (Phi) is 6.63. The van der Waals surface area contributed by atoms with E-state index in [1.165, 1.54) is 31.4 Å². The lowest BCUT2D eigenvalue weighted by Gasteiger charge is -2.48. The number of nitrogens with one attached hydrogen (secondary N) is 1. The third-order valence-corrected chi connectivity index (χ3v) is 6.15. The summed E-state index contributed by atoms with van der Waals surface area (Å²) in [6.45, 7) is 5.75. The predicted octanol–water partition coefficient (Wildman–Crippen LogP) is 4.07. The molecule has 0 bridgehead atoms. The van der Waals surface area contributed by atoms with E-state index in [1.807, 2.05) is 0 Å². The average molecular weight is 411 g/mol. The molecule has 0 unspecified atom stereocenters. The van der Waals surface area contributed by atoms with E-state index in [0.29, 0.717) is 23.1 Å². The molecule has 0 spiro atoms. The summed E-state index contributed by atoms with van der Waals surface area (Å²) in [4.78, 5) is 15.3. The first-order valence-electron chi connectivity index (χ1n) is 9.89. The summed E-state index contributed by atoms with van der Waals surface area (Å²) < 4.78 is 24.8. The van der Waals surface area contributed by atoms with Crippen molar-refractivity contribution in [3.63, 3.8) is 0 Å². The summed E-state index contributed by atoms with van der Waals surface area (Å²) >= 11 is 0. The highest BCUT2D eigenvalue weighted by Crippen LogP contribution is 2.34. The van der Waals surface area contributed by atoms with Gasteiger partial charge in [-0.05, 0) is 38.0 Å². The minimum absolute atomic E-state index is 0. The normalized spacial score (nSPS) is 19.9. The minimum atomic E-state index is -0.327. The Labute approximate surface area is 171 Å². The number of morpholine rings is 1. The Morgan fingerprint density at radius 2 is 1.93 bits per heavy atom. The quantitative estimate of drug-likeness (QED) is 0.825. The SMILES string of the molecule is Cc1c(C(=O)NCC2(N3CCOCC3)CCCCC2)oc2ccc(F)cc12.Cl. The fourth-order valence-electron chi connectivity index (χ4n) is 4.59. The fourth-order valence-corrected chi connectivity index (χ4v) is 4.59. The molecule has 1 amide bonds. The third-order valence-electron chi connectivity index (χ3n) is 6.15. The molecular weight excluding hydrogens is 383 g/mol. The molecule has 1 aromatic carbocycles. The van der Waals surface area contributed by atoms with Crippen LogP contribution in [0.25, 0.3) is 11.0 Å². The Bertz CT molecular complexity index is 826. The molecule has 2 heterocycles. The predicted molar refractivity (Wildman–Crippen MR) is 109 cm³/mol. The number of halogens is 2. The molecular formula is C21H28ClFN2O3. The number of furan rings is 1. The van der Waals surface area contributed by atoms with E-state index in [1.54, 1.807) is 13.0 Å². The molecule has 2 aromatic rings. The minimum Gasteiger partial charge on any atom is -0.451 e. The molecule has 7 heteroatoms. The Hall–Kier alpha value is -1.63. The second-order valence-corrected chi connectivity index (χ2v) is 7.76. The summed E-state index contributed by atoms with van der Waals surface area (Å²) in [5.41, 5.74) is 1.23. The number of fused-ring (bicyclic) bond motifs is 1. The van der Waals surface area contributed by atoms with Crippen molar-refractivity contribution < 1.29 is 18.3 Å². The molecule has 1 aliphatic heterocycles. The number of hydrogen-bond acceptors (Lipinski definition) is 4. The van der Waals surface area contributed by atoms with Crippen LogP contribution in [-0.4, -0.2) is 49.2 Å². The molecule has 2 aliphatic rings. The van der Waals surface area contributed by atoms with Gasteiger partial charge in [-0.3, -0.25) is 9.69 Å². The van der Waals surface area contributed by atoms with Gasteiger partial charge in [-0.15, -0.1) is 12.4 Å². The van der Waals surface area contributed by atoms with Crippen molar-refractivity contribution in [3.8, 4) is 0 Å².